The highest BCUT2D eigenvalue weighted by Gasteiger charge is 2.15. The highest BCUT2D eigenvalue weighted by molar-refractivity contribution is 9.10. The molecule has 0 aliphatic rings. The summed E-state index contributed by atoms with van der Waals surface area (Å²) in [4.78, 5) is 0. The van der Waals surface area contributed by atoms with Gasteiger partial charge >= 0.3 is 0 Å². The Morgan fingerprint density at radius 2 is 2.14 bits per heavy atom. The van der Waals surface area contributed by atoms with Gasteiger partial charge in [-0.2, -0.15) is 0 Å². The first-order valence-electron chi connectivity index (χ1n) is 5.05. The van der Waals surface area contributed by atoms with E-state index in [0.717, 1.165) is 22.6 Å². The third-order valence-electron chi connectivity index (χ3n) is 2.34. The zero-order chi connectivity index (χ0) is 10.6. The number of furan rings is 1. The minimum atomic E-state index is 0.321. The number of halogens is 1. The van der Waals surface area contributed by atoms with Crippen molar-refractivity contribution in [3.63, 3.8) is 0 Å². The first kappa shape index (κ1) is 11.8. The fraction of sp³-hybridized carbons (Fsp3) is 0.636. The molecule has 0 aliphatic heterocycles. The summed E-state index contributed by atoms with van der Waals surface area (Å²) in [5.74, 6) is 1.74. The molecule has 0 bridgehead atoms. The quantitative estimate of drug-likeness (QED) is 0.872. The van der Waals surface area contributed by atoms with E-state index in [1.54, 1.807) is 6.26 Å². The van der Waals surface area contributed by atoms with E-state index in [0.29, 0.717) is 6.04 Å². The van der Waals surface area contributed by atoms with Gasteiger partial charge in [0.1, 0.15) is 5.76 Å². The van der Waals surface area contributed by atoms with E-state index >= 15 is 0 Å². The van der Waals surface area contributed by atoms with E-state index in [1.807, 2.05) is 13.1 Å². The van der Waals surface area contributed by atoms with Gasteiger partial charge < -0.3 is 9.73 Å². The molecule has 80 valence electrons. The fourth-order valence-corrected chi connectivity index (χ4v) is 1.94. The van der Waals surface area contributed by atoms with Crippen molar-refractivity contribution >= 4 is 15.9 Å². The van der Waals surface area contributed by atoms with Crippen LogP contribution in [0, 0.1) is 5.92 Å². The number of rotatable bonds is 5. The van der Waals surface area contributed by atoms with Crippen LogP contribution in [0.5, 0.6) is 0 Å². The Hall–Kier alpha value is -0.280. The molecule has 0 aliphatic carbocycles. The molecule has 1 N–H and O–H groups in total. The second-order valence-electron chi connectivity index (χ2n) is 3.95. The fourth-order valence-electron chi connectivity index (χ4n) is 1.46. The molecule has 0 spiro atoms. The molecule has 0 amide bonds. The van der Waals surface area contributed by atoms with Crippen molar-refractivity contribution in [3.05, 3.63) is 22.6 Å². The predicted molar refractivity (Wildman–Crippen MR) is 62.3 cm³/mol. The lowest BCUT2D eigenvalue weighted by atomic mass is 10.0. The van der Waals surface area contributed by atoms with E-state index < -0.39 is 0 Å². The van der Waals surface area contributed by atoms with Crippen molar-refractivity contribution < 1.29 is 4.42 Å². The van der Waals surface area contributed by atoms with Crippen LogP contribution in [0.1, 0.15) is 38.5 Å². The van der Waals surface area contributed by atoms with Crippen LogP contribution < -0.4 is 5.32 Å². The lowest BCUT2D eigenvalue weighted by Crippen LogP contribution is -2.16. The van der Waals surface area contributed by atoms with Gasteiger partial charge in [0.2, 0.25) is 0 Å². The van der Waals surface area contributed by atoms with Crippen molar-refractivity contribution in [2.45, 2.75) is 32.7 Å². The van der Waals surface area contributed by atoms with Gasteiger partial charge in [-0.05, 0) is 47.8 Å². The summed E-state index contributed by atoms with van der Waals surface area (Å²) in [7, 11) is 1.97. The third-order valence-corrected chi connectivity index (χ3v) is 3.00. The molecule has 1 unspecified atom stereocenters. The third kappa shape index (κ3) is 3.14. The summed E-state index contributed by atoms with van der Waals surface area (Å²) in [5, 5.41) is 3.28. The Kier molecular flexibility index (Phi) is 4.69. The van der Waals surface area contributed by atoms with Crippen LogP contribution in [0.25, 0.3) is 0 Å². The number of nitrogens with one attached hydrogen (secondary N) is 1. The monoisotopic (exact) mass is 259 g/mol. The maximum Gasteiger partial charge on any atom is 0.134 e. The van der Waals surface area contributed by atoms with Crippen LogP contribution in [-0.4, -0.2) is 7.05 Å². The molecule has 1 aromatic heterocycles. The summed E-state index contributed by atoms with van der Waals surface area (Å²) in [6.07, 6.45) is 4.04. The van der Waals surface area contributed by atoms with E-state index in [2.05, 4.69) is 35.1 Å². The summed E-state index contributed by atoms with van der Waals surface area (Å²) < 4.78 is 6.50. The molecule has 0 fully saturated rings. The van der Waals surface area contributed by atoms with Gasteiger partial charge in [-0.25, -0.2) is 0 Å². The van der Waals surface area contributed by atoms with Gasteiger partial charge in [0.25, 0.3) is 0 Å². The summed E-state index contributed by atoms with van der Waals surface area (Å²) >= 11 is 3.48. The maximum absolute atomic E-state index is 5.44. The minimum Gasteiger partial charge on any atom is -0.466 e. The molecule has 1 heterocycles. The molecule has 0 aromatic carbocycles. The van der Waals surface area contributed by atoms with Crippen LogP contribution in [0.4, 0.5) is 0 Å². The van der Waals surface area contributed by atoms with Gasteiger partial charge in [-0.15, -0.1) is 0 Å². The van der Waals surface area contributed by atoms with Crippen LogP contribution >= 0.6 is 15.9 Å². The smallest absolute Gasteiger partial charge is 0.134 e. The van der Waals surface area contributed by atoms with E-state index in [4.69, 9.17) is 4.42 Å². The summed E-state index contributed by atoms with van der Waals surface area (Å²) in [6.45, 7) is 4.48. The molecule has 0 radical (unpaired) electrons. The zero-order valence-corrected chi connectivity index (χ0v) is 10.6. The maximum atomic E-state index is 5.44. The Morgan fingerprint density at radius 3 is 2.57 bits per heavy atom. The largest absolute Gasteiger partial charge is 0.466 e. The second kappa shape index (κ2) is 5.56. The van der Waals surface area contributed by atoms with Crippen LogP contribution in [0.3, 0.4) is 0 Å². The molecule has 14 heavy (non-hydrogen) atoms. The Balaban J connectivity index is 2.58. The van der Waals surface area contributed by atoms with Crippen molar-refractivity contribution in [2.24, 2.45) is 5.92 Å². The number of hydrogen-bond donors (Lipinski definition) is 1. The van der Waals surface area contributed by atoms with E-state index in [9.17, 15) is 0 Å². The Morgan fingerprint density at radius 1 is 1.43 bits per heavy atom. The van der Waals surface area contributed by atoms with Gasteiger partial charge in [0.15, 0.2) is 0 Å². The normalized spacial score (nSPS) is 13.5. The first-order valence-corrected chi connectivity index (χ1v) is 5.84. The van der Waals surface area contributed by atoms with Gasteiger partial charge in [0.05, 0.1) is 16.8 Å². The molecule has 3 heteroatoms. The zero-order valence-electron chi connectivity index (χ0n) is 9.01. The average Bonchev–Trinajstić information content (AvgIpc) is 2.53. The van der Waals surface area contributed by atoms with Gasteiger partial charge in [-0.3, -0.25) is 0 Å². The predicted octanol–water partition coefficient (Wildman–Crippen LogP) is 3.74. The topological polar surface area (TPSA) is 25.2 Å². The Labute approximate surface area is 94.2 Å². The summed E-state index contributed by atoms with van der Waals surface area (Å²) in [6, 6.07) is 2.26. The van der Waals surface area contributed by atoms with Gasteiger partial charge in [0, 0.05) is 0 Å². The molecule has 2 nitrogen and oxygen atoms in total. The lowest BCUT2D eigenvalue weighted by Gasteiger charge is -2.15. The molecule has 0 saturated carbocycles. The standard InChI is InChI=1S/C11H18BrNO/c1-8(2)4-5-10(13-3)11-9(12)6-7-14-11/h6-8,10,13H,4-5H2,1-3H3. The molecule has 1 atom stereocenters. The second-order valence-corrected chi connectivity index (χ2v) is 4.80. The number of hydrogen-bond acceptors (Lipinski definition) is 2. The SMILES string of the molecule is CNC(CCC(C)C)c1occc1Br. The van der Waals surface area contributed by atoms with E-state index in [1.165, 1.54) is 6.42 Å². The minimum absolute atomic E-state index is 0.321. The highest BCUT2D eigenvalue weighted by Crippen LogP contribution is 2.28. The van der Waals surface area contributed by atoms with Crippen molar-refractivity contribution in [3.8, 4) is 0 Å². The van der Waals surface area contributed by atoms with Crippen LogP contribution in [-0.2, 0) is 0 Å². The Bertz CT molecular complexity index is 270. The van der Waals surface area contributed by atoms with Gasteiger partial charge in [-0.1, -0.05) is 13.8 Å². The lowest BCUT2D eigenvalue weighted by molar-refractivity contribution is 0.386. The van der Waals surface area contributed by atoms with Crippen molar-refractivity contribution in [1.82, 2.24) is 5.32 Å². The van der Waals surface area contributed by atoms with Crippen molar-refractivity contribution in [2.75, 3.05) is 7.05 Å². The molecular formula is C11H18BrNO. The van der Waals surface area contributed by atoms with Crippen LogP contribution in [0.2, 0.25) is 0 Å². The van der Waals surface area contributed by atoms with E-state index in [-0.39, 0.29) is 0 Å². The molecule has 1 aromatic rings. The highest BCUT2D eigenvalue weighted by atomic mass is 79.9. The first-order chi connectivity index (χ1) is 6.65. The average molecular weight is 260 g/mol. The van der Waals surface area contributed by atoms with Crippen LogP contribution in [0.15, 0.2) is 21.2 Å². The molecular weight excluding hydrogens is 242 g/mol. The molecule has 1 rings (SSSR count). The summed E-state index contributed by atoms with van der Waals surface area (Å²) in [5.41, 5.74) is 0. The van der Waals surface area contributed by atoms with Crippen molar-refractivity contribution in [1.29, 1.82) is 0 Å². The molecule has 0 saturated heterocycles.